The lowest BCUT2D eigenvalue weighted by molar-refractivity contribution is -0.115. The molecule has 3 aromatic rings. The van der Waals surface area contributed by atoms with Crippen molar-refractivity contribution in [2.24, 2.45) is 0 Å². The van der Waals surface area contributed by atoms with Gasteiger partial charge in [0.25, 0.3) is 5.91 Å². The van der Waals surface area contributed by atoms with Crippen LogP contribution in [0.1, 0.15) is 11.1 Å². The molecule has 3 rings (SSSR count). The van der Waals surface area contributed by atoms with Crippen LogP contribution in [0.4, 0.5) is 0 Å². The van der Waals surface area contributed by atoms with Crippen LogP contribution in [0.15, 0.2) is 66.9 Å². The molecule has 5 nitrogen and oxygen atoms in total. The molecule has 0 spiro atoms. The van der Waals surface area contributed by atoms with Gasteiger partial charge in [0.05, 0.1) is 26.1 Å². The van der Waals surface area contributed by atoms with E-state index in [4.69, 9.17) is 9.47 Å². The van der Waals surface area contributed by atoms with Crippen molar-refractivity contribution in [2.45, 2.75) is 6.42 Å². The van der Waals surface area contributed by atoms with E-state index in [0.717, 1.165) is 22.6 Å². The molecule has 0 radical (unpaired) electrons. The molecule has 0 aromatic heterocycles. The molecule has 0 bridgehead atoms. The number of amides is 1. The summed E-state index contributed by atoms with van der Waals surface area (Å²) >= 11 is 0. The number of aliphatic hydroxyl groups is 1. The average molecular weight is 377 g/mol. The first-order valence-electron chi connectivity index (χ1n) is 8.99. The summed E-state index contributed by atoms with van der Waals surface area (Å²) in [6.07, 6.45) is 1.48. The highest BCUT2D eigenvalue weighted by Crippen LogP contribution is 2.27. The second-order valence-electron chi connectivity index (χ2n) is 6.30. The average Bonchev–Trinajstić information content (AvgIpc) is 2.74. The number of carbonyl (C=O) groups excluding carboxylic acids is 1. The number of hydrogen-bond acceptors (Lipinski definition) is 4. The molecule has 0 heterocycles. The highest BCUT2D eigenvalue weighted by Gasteiger charge is 2.13. The summed E-state index contributed by atoms with van der Waals surface area (Å²) in [4.78, 5) is 12.5. The van der Waals surface area contributed by atoms with E-state index in [-0.39, 0.29) is 11.5 Å². The van der Waals surface area contributed by atoms with Crippen LogP contribution in [0.3, 0.4) is 0 Å². The molecule has 0 saturated carbocycles. The minimum atomic E-state index is -0.321. The number of fused-ring (bicyclic) bond motifs is 1. The Balaban J connectivity index is 1.66. The van der Waals surface area contributed by atoms with Crippen molar-refractivity contribution in [2.75, 3.05) is 20.8 Å². The first kappa shape index (κ1) is 19.3. The van der Waals surface area contributed by atoms with E-state index in [0.29, 0.717) is 30.0 Å². The molecule has 0 aliphatic carbocycles. The van der Waals surface area contributed by atoms with Gasteiger partial charge in [-0.3, -0.25) is 4.79 Å². The number of nitrogens with one attached hydrogen (secondary N) is 1. The summed E-state index contributed by atoms with van der Waals surface area (Å²) in [7, 11) is 3.18. The molecule has 0 unspecified atom stereocenters. The lowest BCUT2D eigenvalue weighted by Crippen LogP contribution is -2.26. The normalized spacial score (nSPS) is 11.3. The molecule has 0 aliphatic rings. The van der Waals surface area contributed by atoms with Gasteiger partial charge in [0, 0.05) is 6.54 Å². The molecule has 144 valence electrons. The summed E-state index contributed by atoms with van der Waals surface area (Å²) < 4.78 is 10.5. The fraction of sp³-hybridized carbons (Fsp3) is 0.174. The molecule has 0 atom stereocenters. The van der Waals surface area contributed by atoms with Crippen molar-refractivity contribution in [1.82, 2.24) is 5.32 Å². The van der Waals surface area contributed by atoms with Crippen molar-refractivity contribution in [3.8, 4) is 11.5 Å². The number of methoxy groups -OCH3 is 2. The van der Waals surface area contributed by atoms with Crippen molar-refractivity contribution in [3.05, 3.63) is 78.1 Å². The molecule has 5 heteroatoms. The van der Waals surface area contributed by atoms with Crippen molar-refractivity contribution >= 4 is 22.3 Å². The Kier molecular flexibility index (Phi) is 6.17. The smallest absolute Gasteiger partial charge is 0.255 e. The van der Waals surface area contributed by atoms with Crippen LogP contribution in [-0.2, 0) is 11.2 Å². The van der Waals surface area contributed by atoms with Gasteiger partial charge in [-0.25, -0.2) is 0 Å². The van der Waals surface area contributed by atoms with Crippen LogP contribution in [-0.4, -0.2) is 31.8 Å². The lowest BCUT2D eigenvalue weighted by atomic mass is 10.0. The second-order valence-corrected chi connectivity index (χ2v) is 6.30. The summed E-state index contributed by atoms with van der Waals surface area (Å²) in [6, 6.07) is 19.2. The van der Waals surface area contributed by atoms with E-state index in [1.54, 1.807) is 14.2 Å². The maximum absolute atomic E-state index is 12.5. The SMILES string of the molecule is COc1ccc(CCNC(=O)C(=CO)c2ccc3ccccc3c2)cc1OC. The molecule has 0 aliphatic heterocycles. The number of ether oxygens (including phenoxy) is 2. The topological polar surface area (TPSA) is 67.8 Å². The fourth-order valence-corrected chi connectivity index (χ4v) is 3.07. The monoisotopic (exact) mass is 377 g/mol. The van der Waals surface area contributed by atoms with Crippen LogP contribution in [0, 0.1) is 0 Å². The highest BCUT2D eigenvalue weighted by molar-refractivity contribution is 6.19. The van der Waals surface area contributed by atoms with Gasteiger partial charge in [0.15, 0.2) is 11.5 Å². The first-order chi connectivity index (χ1) is 13.7. The molecule has 0 fully saturated rings. The van der Waals surface area contributed by atoms with Crippen molar-refractivity contribution in [1.29, 1.82) is 0 Å². The Morgan fingerprint density at radius 2 is 1.71 bits per heavy atom. The molecule has 3 aromatic carbocycles. The predicted octanol–water partition coefficient (Wildman–Crippen LogP) is 4.11. The Bertz CT molecular complexity index is 1010. The Hall–Kier alpha value is -3.47. The standard InChI is InChI=1S/C23H23NO4/c1-27-21-10-7-16(13-22(21)28-2)11-12-24-23(26)20(15-25)19-9-8-17-5-3-4-6-18(17)14-19/h3-10,13-15,25H,11-12H2,1-2H3,(H,24,26). The lowest BCUT2D eigenvalue weighted by Gasteiger charge is -2.11. The number of carbonyl (C=O) groups is 1. The van der Waals surface area contributed by atoms with E-state index in [9.17, 15) is 9.90 Å². The summed E-state index contributed by atoms with van der Waals surface area (Å²) in [5.74, 6) is 0.994. The summed E-state index contributed by atoms with van der Waals surface area (Å²) in [6.45, 7) is 0.430. The van der Waals surface area contributed by atoms with E-state index in [1.165, 1.54) is 0 Å². The largest absolute Gasteiger partial charge is 0.515 e. The number of rotatable bonds is 7. The Morgan fingerprint density at radius 1 is 0.964 bits per heavy atom. The zero-order chi connectivity index (χ0) is 19.9. The molecule has 2 N–H and O–H groups in total. The van der Waals surface area contributed by atoms with E-state index in [2.05, 4.69) is 5.32 Å². The minimum Gasteiger partial charge on any atom is -0.515 e. The number of hydrogen-bond donors (Lipinski definition) is 2. The molecular weight excluding hydrogens is 354 g/mol. The summed E-state index contributed by atoms with van der Waals surface area (Å²) in [5, 5.41) is 14.6. The molecular formula is C23H23NO4. The first-order valence-corrected chi connectivity index (χ1v) is 8.99. The quantitative estimate of drug-likeness (QED) is 0.480. The maximum atomic E-state index is 12.5. The predicted molar refractivity (Wildman–Crippen MR) is 111 cm³/mol. The molecule has 0 saturated heterocycles. The zero-order valence-corrected chi connectivity index (χ0v) is 15.9. The van der Waals surface area contributed by atoms with Crippen LogP contribution in [0.25, 0.3) is 16.3 Å². The van der Waals surface area contributed by atoms with Gasteiger partial charge in [-0.1, -0.05) is 42.5 Å². The molecule has 28 heavy (non-hydrogen) atoms. The van der Waals surface area contributed by atoms with Gasteiger partial charge in [0.1, 0.15) is 0 Å². The third kappa shape index (κ3) is 4.26. The third-order valence-corrected chi connectivity index (χ3v) is 4.58. The minimum absolute atomic E-state index is 0.234. The van der Waals surface area contributed by atoms with E-state index >= 15 is 0 Å². The fourth-order valence-electron chi connectivity index (χ4n) is 3.07. The van der Waals surface area contributed by atoms with Gasteiger partial charge < -0.3 is 19.9 Å². The van der Waals surface area contributed by atoms with Crippen LogP contribution in [0.5, 0.6) is 11.5 Å². The Labute approximate surface area is 164 Å². The van der Waals surface area contributed by atoms with Crippen LogP contribution >= 0.6 is 0 Å². The van der Waals surface area contributed by atoms with Gasteiger partial charge in [-0.2, -0.15) is 0 Å². The van der Waals surface area contributed by atoms with Gasteiger partial charge in [-0.05, 0) is 46.5 Å². The van der Waals surface area contributed by atoms with Crippen molar-refractivity contribution < 1.29 is 19.4 Å². The third-order valence-electron chi connectivity index (χ3n) is 4.58. The van der Waals surface area contributed by atoms with Crippen LogP contribution < -0.4 is 14.8 Å². The van der Waals surface area contributed by atoms with Gasteiger partial charge >= 0.3 is 0 Å². The maximum Gasteiger partial charge on any atom is 0.255 e. The number of benzene rings is 3. The molecule has 1 amide bonds. The second kappa shape index (κ2) is 8.95. The number of aliphatic hydroxyl groups excluding tert-OH is 1. The highest BCUT2D eigenvalue weighted by atomic mass is 16.5. The zero-order valence-electron chi connectivity index (χ0n) is 15.9. The van der Waals surface area contributed by atoms with E-state index < -0.39 is 0 Å². The van der Waals surface area contributed by atoms with Gasteiger partial charge in [-0.15, -0.1) is 0 Å². The van der Waals surface area contributed by atoms with Crippen molar-refractivity contribution in [3.63, 3.8) is 0 Å². The summed E-state index contributed by atoms with van der Waals surface area (Å²) in [5.41, 5.74) is 1.92. The Morgan fingerprint density at radius 3 is 2.43 bits per heavy atom. The van der Waals surface area contributed by atoms with E-state index in [1.807, 2.05) is 60.7 Å². The van der Waals surface area contributed by atoms with Crippen LogP contribution in [0.2, 0.25) is 0 Å². The van der Waals surface area contributed by atoms with Gasteiger partial charge in [0.2, 0.25) is 0 Å².